The lowest BCUT2D eigenvalue weighted by molar-refractivity contribution is 0.142. The van der Waals surface area contributed by atoms with Gasteiger partial charge in [-0.25, -0.2) is 14.3 Å². The van der Waals surface area contributed by atoms with E-state index in [1.165, 1.54) is 11.9 Å². The van der Waals surface area contributed by atoms with Gasteiger partial charge in [-0.15, -0.1) is 0 Å². The summed E-state index contributed by atoms with van der Waals surface area (Å²) in [6.07, 6.45) is 6.48. The van der Waals surface area contributed by atoms with Gasteiger partial charge in [-0.3, -0.25) is 10.00 Å². The lowest BCUT2D eigenvalue weighted by Crippen LogP contribution is -2.21. The molecule has 1 aliphatic heterocycles. The van der Waals surface area contributed by atoms with Gasteiger partial charge >= 0.3 is 6.09 Å². The van der Waals surface area contributed by atoms with Crippen LogP contribution in [0.3, 0.4) is 0 Å². The minimum atomic E-state index is -0.449. The average molecular weight is 525 g/mol. The molecule has 2 N–H and O–H groups in total. The van der Waals surface area contributed by atoms with Crippen LogP contribution < -0.4 is 10.6 Å². The van der Waals surface area contributed by atoms with Crippen molar-refractivity contribution in [1.29, 1.82) is 0 Å². The van der Waals surface area contributed by atoms with E-state index in [0.717, 1.165) is 47.2 Å². The summed E-state index contributed by atoms with van der Waals surface area (Å²) < 4.78 is 9.28. The molecule has 0 unspecified atom stereocenters. The van der Waals surface area contributed by atoms with Crippen molar-refractivity contribution in [2.45, 2.75) is 26.3 Å². The highest BCUT2D eigenvalue weighted by molar-refractivity contribution is 5.91. The minimum Gasteiger partial charge on any atom is -0.449 e. The van der Waals surface area contributed by atoms with Crippen LogP contribution in [0.4, 0.5) is 22.0 Å². The lowest BCUT2D eigenvalue weighted by Gasteiger charge is -2.12. The van der Waals surface area contributed by atoms with Crippen LogP contribution in [0.2, 0.25) is 0 Å². The third kappa shape index (κ3) is 5.28. The van der Waals surface area contributed by atoms with E-state index in [4.69, 9.17) is 4.74 Å². The molecule has 1 amide bonds. The Kier molecular flexibility index (Phi) is 6.85. The van der Waals surface area contributed by atoms with Crippen molar-refractivity contribution >= 4 is 39.7 Å². The molecular formula is C29H32N8O2. The molecule has 0 spiro atoms. The Hall–Kier alpha value is -4.44. The fourth-order valence-electron chi connectivity index (χ4n) is 5.32. The normalized spacial score (nSPS) is 15.7. The molecule has 200 valence electrons. The first-order chi connectivity index (χ1) is 19.1. The number of hydrogen-bond donors (Lipinski definition) is 2. The first-order valence-electron chi connectivity index (χ1n) is 13.3. The van der Waals surface area contributed by atoms with Crippen molar-refractivity contribution in [3.05, 3.63) is 78.4 Å². The third-order valence-corrected chi connectivity index (χ3v) is 7.29. The van der Waals surface area contributed by atoms with Gasteiger partial charge in [-0.2, -0.15) is 10.2 Å². The highest BCUT2D eigenvalue weighted by Gasteiger charge is 2.22. The van der Waals surface area contributed by atoms with Gasteiger partial charge in [-0.05, 0) is 50.2 Å². The molecule has 1 atom stereocenters. The molecule has 10 heteroatoms. The van der Waals surface area contributed by atoms with E-state index < -0.39 is 6.09 Å². The zero-order valence-corrected chi connectivity index (χ0v) is 22.2. The second-order valence-electron chi connectivity index (χ2n) is 10.1. The number of nitrogens with zero attached hydrogens (tertiary/aromatic N) is 6. The largest absolute Gasteiger partial charge is 0.449 e. The van der Waals surface area contributed by atoms with Crippen LogP contribution in [0.1, 0.15) is 24.5 Å². The SMILES string of the molecule is CCc1c(NC(=O)OC[C@@H]2CCN(C)C2)cn2ncnc(Nc3ccc4c(cnn4Cc4ccccc4)c3)c12. The maximum absolute atomic E-state index is 12.6. The summed E-state index contributed by atoms with van der Waals surface area (Å²) in [6, 6.07) is 16.4. The number of carbonyl (C=O) groups is 1. The molecule has 1 aliphatic rings. The zero-order valence-electron chi connectivity index (χ0n) is 22.2. The molecule has 6 rings (SSSR count). The topological polar surface area (TPSA) is 102 Å². The summed E-state index contributed by atoms with van der Waals surface area (Å²) in [5.41, 5.74) is 5.57. The highest BCUT2D eigenvalue weighted by atomic mass is 16.5. The smallest absolute Gasteiger partial charge is 0.411 e. The molecule has 0 saturated carbocycles. The van der Waals surface area contributed by atoms with Gasteiger partial charge < -0.3 is 15.0 Å². The molecular weight excluding hydrogens is 492 g/mol. The average Bonchev–Trinajstić information content (AvgIpc) is 3.65. The monoisotopic (exact) mass is 524 g/mol. The first-order valence-corrected chi connectivity index (χ1v) is 13.3. The van der Waals surface area contributed by atoms with Gasteiger partial charge in [0.15, 0.2) is 5.82 Å². The molecule has 5 aromatic rings. The number of fused-ring (bicyclic) bond motifs is 2. The van der Waals surface area contributed by atoms with Crippen LogP contribution >= 0.6 is 0 Å². The Balaban J connectivity index is 1.21. The summed E-state index contributed by atoms with van der Waals surface area (Å²) in [4.78, 5) is 19.4. The molecule has 4 heterocycles. The van der Waals surface area contributed by atoms with Crippen molar-refractivity contribution in [1.82, 2.24) is 29.3 Å². The molecule has 0 bridgehead atoms. The lowest BCUT2D eigenvalue weighted by atomic mass is 10.1. The van der Waals surface area contributed by atoms with E-state index in [1.54, 1.807) is 4.52 Å². The molecule has 0 aliphatic carbocycles. The number of anilines is 3. The standard InChI is InChI=1S/C29H32N8O2/c1-3-24-25(34-29(38)39-18-21-11-12-35(2)15-21)17-37-27(24)28(30-19-32-37)33-23-9-10-26-22(13-23)14-31-36(26)16-20-7-5-4-6-8-20/h4-10,13-14,17,19,21H,3,11-12,15-16,18H2,1-2H3,(H,34,38)(H,30,32,33)/t21-/m1/s1. The number of carbonyl (C=O) groups excluding carboxylic acids is 1. The van der Waals surface area contributed by atoms with Crippen LogP contribution in [-0.4, -0.2) is 62.1 Å². The Labute approximate surface area is 226 Å². The second-order valence-corrected chi connectivity index (χ2v) is 10.1. The maximum Gasteiger partial charge on any atom is 0.411 e. The number of benzene rings is 2. The number of ether oxygens (including phenoxy) is 1. The summed E-state index contributed by atoms with van der Waals surface area (Å²) in [7, 11) is 2.09. The molecule has 1 saturated heterocycles. The van der Waals surface area contributed by atoms with Crippen LogP contribution in [-0.2, 0) is 17.7 Å². The number of amides is 1. The van der Waals surface area contributed by atoms with E-state index in [1.807, 2.05) is 48.3 Å². The summed E-state index contributed by atoms with van der Waals surface area (Å²) in [6.45, 7) is 5.17. The van der Waals surface area contributed by atoms with E-state index in [9.17, 15) is 4.79 Å². The number of aromatic nitrogens is 5. The summed E-state index contributed by atoms with van der Waals surface area (Å²) >= 11 is 0. The van der Waals surface area contributed by atoms with Crippen molar-refractivity contribution < 1.29 is 9.53 Å². The van der Waals surface area contributed by atoms with Crippen LogP contribution in [0.25, 0.3) is 16.4 Å². The summed E-state index contributed by atoms with van der Waals surface area (Å²) in [5, 5.41) is 16.4. The van der Waals surface area contributed by atoms with Crippen molar-refractivity contribution in [3.8, 4) is 0 Å². The van der Waals surface area contributed by atoms with Gasteiger partial charge in [0.05, 0.1) is 36.7 Å². The van der Waals surface area contributed by atoms with Crippen molar-refractivity contribution in [2.24, 2.45) is 5.92 Å². The van der Waals surface area contributed by atoms with Crippen LogP contribution in [0, 0.1) is 5.92 Å². The van der Waals surface area contributed by atoms with E-state index in [-0.39, 0.29) is 0 Å². The minimum absolute atomic E-state index is 0.379. The number of nitrogens with one attached hydrogen (secondary N) is 2. The highest BCUT2D eigenvalue weighted by Crippen LogP contribution is 2.30. The van der Waals surface area contributed by atoms with Crippen molar-refractivity contribution in [3.63, 3.8) is 0 Å². The van der Waals surface area contributed by atoms with Crippen LogP contribution in [0.15, 0.2) is 67.3 Å². The third-order valence-electron chi connectivity index (χ3n) is 7.29. The Morgan fingerprint density at radius 1 is 1.15 bits per heavy atom. The molecule has 1 fully saturated rings. The molecule has 39 heavy (non-hydrogen) atoms. The van der Waals surface area contributed by atoms with E-state index in [0.29, 0.717) is 37.0 Å². The Morgan fingerprint density at radius 3 is 2.82 bits per heavy atom. The fourth-order valence-corrected chi connectivity index (χ4v) is 5.32. The first kappa shape index (κ1) is 24.9. The number of hydrogen-bond acceptors (Lipinski definition) is 7. The van der Waals surface area contributed by atoms with Gasteiger partial charge in [0.25, 0.3) is 0 Å². The molecule has 2 aromatic carbocycles. The van der Waals surface area contributed by atoms with Crippen molar-refractivity contribution in [2.75, 3.05) is 37.4 Å². The van der Waals surface area contributed by atoms with Gasteiger partial charge in [0, 0.05) is 29.1 Å². The number of aryl methyl sites for hydroxylation is 1. The predicted octanol–water partition coefficient (Wildman–Crippen LogP) is 4.93. The number of likely N-dealkylation sites (tertiary alicyclic amines) is 1. The Morgan fingerprint density at radius 2 is 2.03 bits per heavy atom. The zero-order chi connectivity index (χ0) is 26.8. The number of rotatable bonds is 8. The second kappa shape index (κ2) is 10.7. The predicted molar refractivity (Wildman–Crippen MR) is 151 cm³/mol. The fraction of sp³-hybridized carbons (Fsp3) is 0.310. The van der Waals surface area contributed by atoms with Gasteiger partial charge in [0.1, 0.15) is 11.8 Å². The van der Waals surface area contributed by atoms with Gasteiger partial charge in [-0.1, -0.05) is 37.3 Å². The maximum atomic E-state index is 12.6. The van der Waals surface area contributed by atoms with E-state index in [2.05, 4.69) is 62.0 Å². The molecule has 3 aromatic heterocycles. The quantitative estimate of drug-likeness (QED) is 0.297. The molecule has 10 nitrogen and oxygen atoms in total. The van der Waals surface area contributed by atoms with Gasteiger partial charge in [0.2, 0.25) is 0 Å². The van der Waals surface area contributed by atoms with E-state index >= 15 is 0 Å². The summed E-state index contributed by atoms with van der Waals surface area (Å²) in [5.74, 6) is 1.04. The Bertz CT molecular complexity index is 1610. The molecule has 0 radical (unpaired) electrons. The van der Waals surface area contributed by atoms with Crippen LogP contribution in [0.5, 0.6) is 0 Å².